The minimum absolute atomic E-state index is 0.0880. The van der Waals surface area contributed by atoms with Crippen molar-refractivity contribution in [3.05, 3.63) is 54.1 Å². The monoisotopic (exact) mass is 400 g/mol. The van der Waals surface area contributed by atoms with Crippen molar-refractivity contribution in [2.75, 3.05) is 32.6 Å². The number of likely N-dealkylation sites (N-methyl/N-ethyl adjacent to an activating group) is 1. The Morgan fingerprint density at radius 3 is 2.03 bits per heavy atom. The fourth-order valence-corrected chi connectivity index (χ4v) is 2.94. The Labute approximate surface area is 172 Å². The Morgan fingerprint density at radius 1 is 0.966 bits per heavy atom. The lowest BCUT2D eigenvalue weighted by Crippen LogP contribution is -3.17. The highest BCUT2D eigenvalue weighted by Gasteiger charge is 2.25. The van der Waals surface area contributed by atoms with Crippen molar-refractivity contribution in [1.29, 1.82) is 0 Å². The minimum atomic E-state index is -0.347. The molecule has 2 atom stereocenters. The van der Waals surface area contributed by atoms with Gasteiger partial charge in [0.1, 0.15) is 11.5 Å². The average molecular weight is 400 g/mol. The van der Waals surface area contributed by atoms with Crippen molar-refractivity contribution < 1.29 is 24.0 Å². The van der Waals surface area contributed by atoms with E-state index >= 15 is 0 Å². The first-order chi connectivity index (χ1) is 14.0. The molecule has 0 aliphatic rings. The number of hydrogen-bond donors (Lipinski definition) is 3. The predicted octanol–water partition coefficient (Wildman–Crippen LogP) is 1.25. The van der Waals surface area contributed by atoms with E-state index in [4.69, 9.17) is 9.47 Å². The largest absolute Gasteiger partial charge is 0.497 e. The summed E-state index contributed by atoms with van der Waals surface area (Å²) in [5.41, 5.74) is 1.68. The molecule has 0 aliphatic heterocycles. The molecule has 3 N–H and O–H groups in total. The number of ether oxygens (including phenoxy) is 2. The number of nitrogens with one attached hydrogen (secondary N) is 3. The van der Waals surface area contributed by atoms with Gasteiger partial charge in [-0.3, -0.25) is 9.59 Å². The van der Waals surface area contributed by atoms with Crippen molar-refractivity contribution >= 4 is 17.5 Å². The number of rotatable bonds is 10. The van der Waals surface area contributed by atoms with Crippen molar-refractivity contribution in [3.63, 3.8) is 0 Å². The van der Waals surface area contributed by atoms with Crippen LogP contribution in [0.25, 0.3) is 0 Å². The Morgan fingerprint density at radius 2 is 1.52 bits per heavy atom. The average Bonchev–Trinajstić information content (AvgIpc) is 2.76. The van der Waals surface area contributed by atoms with Gasteiger partial charge >= 0.3 is 0 Å². The minimum Gasteiger partial charge on any atom is -0.497 e. The molecule has 156 valence electrons. The Kier molecular flexibility index (Phi) is 8.48. The standard InChI is InChI=1S/C22H29N3O4/c1-5-25(15-21(26)24-18-8-12-20(29-4)13-9-18)16(2)22(27)23-14-17-6-10-19(28-3)11-7-17/h6-13,16H,5,14-15H2,1-4H3,(H,23,27)(H,24,26)/p+1/t16-/m0/s1. The normalized spacial score (nSPS) is 12.6. The molecule has 0 spiro atoms. The van der Waals surface area contributed by atoms with E-state index in [0.717, 1.165) is 22.0 Å². The fraction of sp³-hybridized carbons (Fsp3) is 0.364. The highest BCUT2D eigenvalue weighted by Crippen LogP contribution is 2.14. The van der Waals surface area contributed by atoms with Crippen LogP contribution in [0.5, 0.6) is 11.5 Å². The van der Waals surface area contributed by atoms with Gasteiger partial charge in [0.2, 0.25) is 0 Å². The quantitative estimate of drug-likeness (QED) is 0.561. The summed E-state index contributed by atoms with van der Waals surface area (Å²) < 4.78 is 10.2. The molecule has 2 amide bonds. The second kappa shape index (κ2) is 11.1. The molecule has 7 heteroatoms. The molecule has 0 saturated carbocycles. The molecule has 0 aliphatic carbocycles. The lowest BCUT2D eigenvalue weighted by Gasteiger charge is -2.23. The van der Waals surface area contributed by atoms with E-state index in [2.05, 4.69) is 10.6 Å². The molecule has 2 rings (SSSR count). The van der Waals surface area contributed by atoms with Crippen molar-refractivity contribution in [1.82, 2.24) is 5.32 Å². The molecule has 0 heterocycles. The maximum absolute atomic E-state index is 12.5. The second-order valence-corrected chi connectivity index (χ2v) is 6.75. The summed E-state index contributed by atoms with van der Waals surface area (Å²) in [7, 11) is 3.21. The summed E-state index contributed by atoms with van der Waals surface area (Å²) in [5.74, 6) is 1.28. The van der Waals surface area contributed by atoms with E-state index in [-0.39, 0.29) is 24.4 Å². The van der Waals surface area contributed by atoms with Crippen LogP contribution < -0.4 is 25.0 Å². The van der Waals surface area contributed by atoms with Gasteiger partial charge in [-0.1, -0.05) is 12.1 Å². The summed E-state index contributed by atoms with van der Waals surface area (Å²) in [5, 5.41) is 5.80. The molecule has 2 aromatic rings. The van der Waals surface area contributed by atoms with Crippen LogP contribution in [0.4, 0.5) is 5.69 Å². The zero-order valence-corrected chi connectivity index (χ0v) is 17.5. The van der Waals surface area contributed by atoms with Crippen LogP contribution >= 0.6 is 0 Å². The van der Waals surface area contributed by atoms with Crippen LogP contribution in [0.15, 0.2) is 48.5 Å². The molecule has 0 saturated heterocycles. The maximum atomic E-state index is 12.5. The number of methoxy groups -OCH3 is 2. The van der Waals surface area contributed by atoms with Gasteiger partial charge in [0.15, 0.2) is 12.6 Å². The first-order valence-electron chi connectivity index (χ1n) is 9.66. The molecule has 0 fully saturated rings. The van der Waals surface area contributed by atoms with Crippen LogP contribution in [0, 0.1) is 0 Å². The van der Waals surface area contributed by atoms with Crippen LogP contribution in [0.3, 0.4) is 0 Å². The third-order valence-electron chi connectivity index (χ3n) is 4.85. The number of hydrogen-bond acceptors (Lipinski definition) is 4. The Balaban J connectivity index is 1.85. The number of benzene rings is 2. The van der Waals surface area contributed by atoms with Crippen molar-refractivity contribution in [2.45, 2.75) is 26.4 Å². The number of carbonyl (C=O) groups is 2. The number of quaternary nitrogens is 1. The summed E-state index contributed by atoms with van der Waals surface area (Å²) >= 11 is 0. The Bertz CT molecular complexity index is 791. The van der Waals surface area contributed by atoms with Crippen molar-refractivity contribution in [2.24, 2.45) is 0 Å². The van der Waals surface area contributed by atoms with Gasteiger partial charge < -0.3 is 25.0 Å². The highest BCUT2D eigenvalue weighted by molar-refractivity contribution is 5.91. The fourth-order valence-electron chi connectivity index (χ4n) is 2.94. The van der Waals surface area contributed by atoms with Gasteiger partial charge in [-0.25, -0.2) is 0 Å². The Hall–Kier alpha value is -3.06. The topological polar surface area (TPSA) is 81.1 Å². The van der Waals surface area contributed by atoms with Gasteiger partial charge in [0, 0.05) is 12.2 Å². The third kappa shape index (κ3) is 6.80. The summed E-state index contributed by atoms with van der Waals surface area (Å²) in [6, 6.07) is 14.3. The van der Waals surface area contributed by atoms with Crippen LogP contribution in [-0.4, -0.2) is 45.2 Å². The third-order valence-corrected chi connectivity index (χ3v) is 4.85. The van der Waals surface area contributed by atoms with E-state index in [0.29, 0.717) is 18.8 Å². The lowest BCUT2D eigenvalue weighted by molar-refractivity contribution is -0.904. The van der Waals surface area contributed by atoms with E-state index in [1.165, 1.54) is 0 Å². The van der Waals surface area contributed by atoms with Crippen LogP contribution in [-0.2, 0) is 16.1 Å². The summed E-state index contributed by atoms with van der Waals surface area (Å²) in [4.78, 5) is 25.8. The molecule has 29 heavy (non-hydrogen) atoms. The molecule has 0 radical (unpaired) electrons. The molecule has 2 aromatic carbocycles. The second-order valence-electron chi connectivity index (χ2n) is 6.75. The first-order valence-corrected chi connectivity index (χ1v) is 9.66. The van der Waals surface area contributed by atoms with E-state index in [1.54, 1.807) is 38.5 Å². The van der Waals surface area contributed by atoms with E-state index < -0.39 is 0 Å². The lowest BCUT2D eigenvalue weighted by atomic mass is 10.2. The summed E-state index contributed by atoms with van der Waals surface area (Å²) in [6.45, 7) is 5.10. The molecular formula is C22H30N3O4+. The molecular weight excluding hydrogens is 370 g/mol. The number of carbonyl (C=O) groups excluding carboxylic acids is 2. The first kappa shape index (κ1) is 22.2. The summed E-state index contributed by atoms with van der Waals surface area (Å²) in [6.07, 6.45) is 0. The van der Waals surface area contributed by atoms with Gasteiger partial charge in [0.25, 0.3) is 11.8 Å². The zero-order valence-electron chi connectivity index (χ0n) is 17.5. The van der Waals surface area contributed by atoms with Crippen LogP contribution in [0.2, 0.25) is 0 Å². The van der Waals surface area contributed by atoms with Gasteiger partial charge in [-0.05, 0) is 55.8 Å². The highest BCUT2D eigenvalue weighted by atomic mass is 16.5. The van der Waals surface area contributed by atoms with Crippen LogP contribution in [0.1, 0.15) is 19.4 Å². The number of anilines is 1. The van der Waals surface area contributed by atoms with E-state index in [9.17, 15) is 9.59 Å². The molecule has 1 unspecified atom stereocenters. The molecule has 7 nitrogen and oxygen atoms in total. The SMILES string of the molecule is CC[NH+](CC(=O)Nc1ccc(OC)cc1)[C@@H](C)C(=O)NCc1ccc(OC)cc1. The van der Waals surface area contributed by atoms with Gasteiger partial charge in [0.05, 0.1) is 20.8 Å². The smallest absolute Gasteiger partial charge is 0.279 e. The number of amides is 2. The maximum Gasteiger partial charge on any atom is 0.279 e. The van der Waals surface area contributed by atoms with E-state index in [1.807, 2.05) is 38.1 Å². The predicted molar refractivity (Wildman–Crippen MR) is 112 cm³/mol. The van der Waals surface area contributed by atoms with Gasteiger partial charge in [-0.2, -0.15) is 0 Å². The molecule has 0 aromatic heterocycles. The zero-order chi connectivity index (χ0) is 21.2. The van der Waals surface area contributed by atoms with Crippen molar-refractivity contribution in [3.8, 4) is 11.5 Å². The molecule has 0 bridgehead atoms. The van der Waals surface area contributed by atoms with Gasteiger partial charge in [-0.15, -0.1) is 0 Å².